The van der Waals surface area contributed by atoms with E-state index < -0.39 is 6.29 Å². The van der Waals surface area contributed by atoms with Crippen LogP contribution < -0.4 is 0 Å². The highest BCUT2D eigenvalue weighted by Crippen LogP contribution is 2.41. The molecule has 0 radical (unpaired) electrons. The highest BCUT2D eigenvalue weighted by atomic mass is 16.7. The van der Waals surface area contributed by atoms with Crippen LogP contribution in [-0.2, 0) is 9.47 Å². The fourth-order valence-corrected chi connectivity index (χ4v) is 2.89. The van der Waals surface area contributed by atoms with Crippen molar-refractivity contribution in [3.63, 3.8) is 0 Å². The number of hydrogen-bond donors (Lipinski definition) is 0. The molecule has 0 unspecified atom stereocenters. The Kier molecular flexibility index (Phi) is 4.96. The third-order valence-corrected chi connectivity index (χ3v) is 3.85. The number of nitrogens with zero attached hydrogens (tertiary/aromatic N) is 1. The summed E-state index contributed by atoms with van der Waals surface area (Å²) < 4.78 is 11.2. The lowest BCUT2D eigenvalue weighted by Crippen LogP contribution is -2.30. The standard InChI is InChI=1S/C16H21NO4/c1-11(2)15-13(10-17(18)19)14(21-16(15)20-3)9-12-7-5-4-6-8-12/h4-9,11,13,15-16H,10H2,1-3H3/b14-9-/t13-,15-,16+/m1/s1. The van der Waals surface area contributed by atoms with Crippen LogP contribution in [0.15, 0.2) is 36.1 Å². The van der Waals surface area contributed by atoms with Crippen molar-refractivity contribution >= 4 is 6.08 Å². The SMILES string of the molecule is CO[C@H]1O/C(=C\c2ccccc2)[C@@H](C[N+](=O)[O-])[C@H]1C(C)C. The van der Waals surface area contributed by atoms with E-state index in [0.717, 1.165) is 5.56 Å². The summed E-state index contributed by atoms with van der Waals surface area (Å²) >= 11 is 0. The van der Waals surface area contributed by atoms with Gasteiger partial charge in [-0.3, -0.25) is 10.1 Å². The van der Waals surface area contributed by atoms with E-state index in [0.29, 0.717) is 5.76 Å². The lowest BCUT2D eigenvalue weighted by Gasteiger charge is -2.22. The molecule has 1 saturated heterocycles. The first-order chi connectivity index (χ1) is 10.0. The zero-order valence-corrected chi connectivity index (χ0v) is 12.6. The minimum atomic E-state index is -0.426. The van der Waals surface area contributed by atoms with Gasteiger partial charge >= 0.3 is 0 Å². The van der Waals surface area contributed by atoms with Crippen LogP contribution in [0.2, 0.25) is 0 Å². The Bertz CT molecular complexity index is 512. The first-order valence-electron chi connectivity index (χ1n) is 7.10. The van der Waals surface area contributed by atoms with E-state index in [-0.39, 0.29) is 29.2 Å². The lowest BCUT2D eigenvalue weighted by atomic mass is 9.83. The van der Waals surface area contributed by atoms with E-state index in [1.807, 2.05) is 50.3 Å². The molecule has 1 aliphatic rings. The van der Waals surface area contributed by atoms with Gasteiger partial charge in [0.25, 0.3) is 0 Å². The molecular formula is C16H21NO4. The number of benzene rings is 1. The summed E-state index contributed by atoms with van der Waals surface area (Å²) in [6.45, 7) is 3.94. The molecule has 1 aliphatic heterocycles. The highest BCUT2D eigenvalue weighted by Gasteiger charge is 2.46. The summed E-state index contributed by atoms with van der Waals surface area (Å²) in [5, 5.41) is 11.0. The topological polar surface area (TPSA) is 61.6 Å². The molecule has 0 bridgehead atoms. The van der Waals surface area contributed by atoms with Gasteiger partial charge in [-0.25, -0.2) is 0 Å². The van der Waals surface area contributed by atoms with Gasteiger partial charge < -0.3 is 9.47 Å². The van der Waals surface area contributed by atoms with Crippen LogP contribution in [0.3, 0.4) is 0 Å². The van der Waals surface area contributed by atoms with Crippen molar-refractivity contribution < 1.29 is 14.4 Å². The van der Waals surface area contributed by atoms with Gasteiger partial charge in [0, 0.05) is 18.0 Å². The van der Waals surface area contributed by atoms with Crippen molar-refractivity contribution in [2.24, 2.45) is 17.8 Å². The number of methoxy groups -OCH3 is 1. The third-order valence-electron chi connectivity index (χ3n) is 3.85. The largest absolute Gasteiger partial charge is 0.468 e. The van der Waals surface area contributed by atoms with Crippen LogP contribution >= 0.6 is 0 Å². The second-order valence-corrected chi connectivity index (χ2v) is 5.62. The van der Waals surface area contributed by atoms with Gasteiger partial charge in [0.2, 0.25) is 12.8 Å². The molecule has 5 nitrogen and oxygen atoms in total. The maximum Gasteiger partial charge on any atom is 0.214 e. The van der Waals surface area contributed by atoms with Crippen molar-refractivity contribution in [2.45, 2.75) is 20.1 Å². The zero-order valence-electron chi connectivity index (χ0n) is 12.6. The van der Waals surface area contributed by atoms with Gasteiger partial charge in [-0.2, -0.15) is 0 Å². The smallest absolute Gasteiger partial charge is 0.214 e. The normalized spacial score (nSPS) is 27.0. The molecule has 0 amide bonds. The molecule has 3 atom stereocenters. The summed E-state index contributed by atoms with van der Waals surface area (Å²) in [7, 11) is 1.58. The number of rotatable bonds is 5. The molecule has 0 spiro atoms. The molecule has 5 heteroatoms. The number of nitro groups is 1. The summed E-state index contributed by atoms with van der Waals surface area (Å²) in [5.41, 5.74) is 0.972. The van der Waals surface area contributed by atoms with Crippen molar-refractivity contribution in [2.75, 3.05) is 13.7 Å². The average molecular weight is 291 g/mol. The Morgan fingerprint density at radius 2 is 2.05 bits per heavy atom. The van der Waals surface area contributed by atoms with E-state index in [1.54, 1.807) is 7.11 Å². The van der Waals surface area contributed by atoms with E-state index in [1.165, 1.54) is 0 Å². The van der Waals surface area contributed by atoms with E-state index >= 15 is 0 Å². The Balaban J connectivity index is 2.34. The predicted molar refractivity (Wildman–Crippen MR) is 80.0 cm³/mol. The lowest BCUT2D eigenvalue weighted by molar-refractivity contribution is -0.488. The fraction of sp³-hybridized carbons (Fsp3) is 0.500. The molecule has 0 saturated carbocycles. The maximum atomic E-state index is 11.0. The molecule has 1 aromatic rings. The van der Waals surface area contributed by atoms with Gasteiger partial charge in [0.05, 0.1) is 5.92 Å². The first kappa shape index (κ1) is 15.5. The summed E-state index contributed by atoms with van der Waals surface area (Å²) in [6.07, 6.45) is 1.45. The van der Waals surface area contributed by atoms with Crippen LogP contribution in [0.25, 0.3) is 6.08 Å². The fourth-order valence-electron chi connectivity index (χ4n) is 2.89. The molecule has 1 fully saturated rings. The van der Waals surface area contributed by atoms with E-state index in [2.05, 4.69) is 0 Å². The number of ether oxygens (including phenoxy) is 2. The number of hydrogen-bond acceptors (Lipinski definition) is 4. The molecule has 2 rings (SSSR count). The third kappa shape index (κ3) is 3.61. The van der Waals surface area contributed by atoms with Gasteiger partial charge in [0.15, 0.2) is 0 Å². The second kappa shape index (κ2) is 6.72. The van der Waals surface area contributed by atoms with Gasteiger partial charge in [0.1, 0.15) is 5.76 Å². The Morgan fingerprint density at radius 1 is 1.38 bits per heavy atom. The monoisotopic (exact) mass is 291 g/mol. The maximum absolute atomic E-state index is 11.0. The van der Waals surface area contributed by atoms with E-state index in [4.69, 9.17) is 9.47 Å². The summed E-state index contributed by atoms with van der Waals surface area (Å²) in [5.74, 6) is 0.602. The second-order valence-electron chi connectivity index (χ2n) is 5.62. The Morgan fingerprint density at radius 3 is 2.57 bits per heavy atom. The van der Waals surface area contributed by atoms with Crippen LogP contribution in [0.1, 0.15) is 19.4 Å². The molecule has 0 N–H and O–H groups in total. The molecular weight excluding hydrogens is 270 g/mol. The van der Waals surface area contributed by atoms with Crippen molar-refractivity contribution in [3.8, 4) is 0 Å². The quantitative estimate of drug-likeness (QED) is 0.617. The molecule has 21 heavy (non-hydrogen) atoms. The first-order valence-corrected chi connectivity index (χ1v) is 7.10. The van der Waals surface area contributed by atoms with Crippen molar-refractivity contribution in [1.29, 1.82) is 0 Å². The minimum absolute atomic E-state index is 0.0182. The summed E-state index contributed by atoms with van der Waals surface area (Å²) in [6, 6.07) is 9.68. The molecule has 1 aromatic carbocycles. The van der Waals surface area contributed by atoms with E-state index in [9.17, 15) is 10.1 Å². The predicted octanol–water partition coefficient (Wildman–Crippen LogP) is 3.20. The minimum Gasteiger partial charge on any atom is -0.468 e. The van der Waals surface area contributed by atoms with Crippen LogP contribution in [-0.4, -0.2) is 24.9 Å². The Hall–Kier alpha value is -1.88. The highest BCUT2D eigenvalue weighted by molar-refractivity contribution is 5.52. The molecule has 114 valence electrons. The van der Waals surface area contributed by atoms with Gasteiger partial charge in [-0.05, 0) is 17.6 Å². The Labute approximate surface area is 124 Å². The van der Waals surface area contributed by atoms with Crippen LogP contribution in [0.4, 0.5) is 0 Å². The zero-order chi connectivity index (χ0) is 15.4. The summed E-state index contributed by atoms with van der Waals surface area (Å²) in [4.78, 5) is 10.7. The molecule has 0 aromatic heterocycles. The van der Waals surface area contributed by atoms with Crippen molar-refractivity contribution in [3.05, 3.63) is 51.8 Å². The van der Waals surface area contributed by atoms with Gasteiger partial charge in [-0.1, -0.05) is 44.2 Å². The van der Waals surface area contributed by atoms with Crippen LogP contribution in [0, 0.1) is 27.9 Å². The van der Waals surface area contributed by atoms with Crippen molar-refractivity contribution in [1.82, 2.24) is 0 Å². The van der Waals surface area contributed by atoms with Crippen LogP contribution in [0.5, 0.6) is 0 Å². The molecule has 1 heterocycles. The molecule has 0 aliphatic carbocycles. The van der Waals surface area contributed by atoms with Gasteiger partial charge in [-0.15, -0.1) is 0 Å². The average Bonchev–Trinajstić information content (AvgIpc) is 2.77.